The normalized spacial score (nSPS) is 22.6. The maximum absolute atomic E-state index is 13.4. The lowest BCUT2D eigenvalue weighted by Gasteiger charge is -2.26. The zero-order chi connectivity index (χ0) is 26.5. The number of benzene rings is 2. The Bertz CT molecular complexity index is 1280. The molecule has 2 atom stereocenters. The van der Waals surface area contributed by atoms with Gasteiger partial charge in [0.25, 0.3) is 5.91 Å². The van der Waals surface area contributed by atoms with Gasteiger partial charge in [0.2, 0.25) is 0 Å². The number of fused-ring (bicyclic) bond motifs is 1. The molecule has 2 aliphatic rings. The van der Waals surface area contributed by atoms with Gasteiger partial charge in [0.15, 0.2) is 21.6 Å². The number of carbonyl (C=O) groups excluding carboxylic acids is 1. The third-order valence-corrected chi connectivity index (χ3v) is 8.78. The minimum atomic E-state index is -5.11. The molecule has 2 fully saturated rings. The third-order valence-electron chi connectivity index (χ3n) is 5.31. The fraction of sp³-hybridized carbons (Fsp3) is 0.333. The Morgan fingerprint density at radius 1 is 1.03 bits per heavy atom. The molecule has 2 aromatic rings. The third kappa shape index (κ3) is 5.92. The molecule has 0 N–H and O–H groups in total. The van der Waals surface area contributed by atoms with Crippen LogP contribution in [0.4, 0.5) is 32.0 Å². The van der Waals surface area contributed by atoms with E-state index in [1.165, 1.54) is 24.3 Å². The fourth-order valence-electron chi connectivity index (χ4n) is 3.76. The van der Waals surface area contributed by atoms with Crippen LogP contribution in [0.2, 0.25) is 5.02 Å². The number of hydrogen-bond acceptors (Lipinski definition) is 5. The van der Waals surface area contributed by atoms with E-state index in [4.69, 9.17) is 16.3 Å². The van der Waals surface area contributed by atoms with E-state index in [-0.39, 0.29) is 22.7 Å². The van der Waals surface area contributed by atoms with E-state index < -0.39 is 68.6 Å². The largest absolute Gasteiger partial charge is 0.484 e. The highest BCUT2D eigenvalue weighted by Gasteiger charge is 2.50. The number of amides is 1. The van der Waals surface area contributed by atoms with Crippen LogP contribution in [0.3, 0.4) is 0 Å². The Morgan fingerprint density at radius 2 is 1.61 bits per heavy atom. The highest BCUT2D eigenvalue weighted by molar-refractivity contribution is 8.16. The van der Waals surface area contributed by atoms with Crippen molar-refractivity contribution in [1.82, 2.24) is 0 Å². The van der Waals surface area contributed by atoms with E-state index in [9.17, 15) is 39.6 Å². The van der Waals surface area contributed by atoms with Gasteiger partial charge in [0.1, 0.15) is 5.75 Å². The molecule has 2 aromatic carbocycles. The van der Waals surface area contributed by atoms with Gasteiger partial charge in [0, 0.05) is 16.0 Å². The molecule has 0 saturated carbocycles. The number of aliphatic imine (C=N–C) groups is 1. The zero-order valence-electron chi connectivity index (χ0n) is 17.8. The smallest absolute Gasteiger partial charge is 0.416 e. The Balaban J connectivity index is 1.71. The summed E-state index contributed by atoms with van der Waals surface area (Å²) in [5, 5.41) is -0.521. The average molecular weight is 573 g/mol. The Kier molecular flexibility index (Phi) is 6.99. The predicted octanol–water partition coefficient (Wildman–Crippen LogP) is 5.06. The second-order valence-electron chi connectivity index (χ2n) is 7.97. The number of sulfone groups is 1. The number of alkyl halides is 6. The van der Waals surface area contributed by atoms with E-state index in [1.54, 1.807) is 0 Å². The number of carbonyl (C=O) groups is 1. The van der Waals surface area contributed by atoms with Gasteiger partial charge in [-0.2, -0.15) is 31.3 Å². The summed E-state index contributed by atoms with van der Waals surface area (Å²) < 4.78 is 110. The summed E-state index contributed by atoms with van der Waals surface area (Å²) in [5.41, 5.74) is -3.71. The van der Waals surface area contributed by atoms with Crippen molar-refractivity contribution in [1.29, 1.82) is 0 Å². The summed E-state index contributed by atoms with van der Waals surface area (Å²) in [7, 11) is -3.61. The molecule has 6 nitrogen and oxygen atoms in total. The minimum absolute atomic E-state index is 0.0302. The molecule has 2 aliphatic heterocycles. The molecule has 0 aliphatic carbocycles. The molecule has 2 saturated heterocycles. The van der Waals surface area contributed by atoms with Gasteiger partial charge in [-0.15, -0.1) is 0 Å². The number of rotatable bonds is 4. The number of nitrogens with zero attached hydrogens (tertiary/aromatic N) is 2. The van der Waals surface area contributed by atoms with Crippen LogP contribution in [0, 0.1) is 0 Å². The maximum Gasteiger partial charge on any atom is 0.416 e. The molecule has 0 unspecified atom stereocenters. The molecule has 4 rings (SSSR count). The first kappa shape index (κ1) is 26.6. The average Bonchev–Trinajstić information content (AvgIpc) is 3.22. The Morgan fingerprint density at radius 3 is 2.17 bits per heavy atom. The van der Waals surface area contributed by atoms with Gasteiger partial charge in [-0.1, -0.05) is 23.4 Å². The van der Waals surface area contributed by atoms with E-state index in [1.807, 2.05) is 0 Å². The zero-order valence-corrected chi connectivity index (χ0v) is 20.2. The van der Waals surface area contributed by atoms with E-state index >= 15 is 0 Å². The van der Waals surface area contributed by atoms with Gasteiger partial charge in [-0.05, 0) is 42.5 Å². The SMILES string of the molecule is O=C(COc1ccc(Cl)cc1)N=C1S[C@@H]2CS(=O)(=O)C[C@H]2N1c1cc(C(F)(F)F)cc(C(F)(F)F)c1. The van der Waals surface area contributed by atoms with Crippen molar-refractivity contribution in [3.05, 3.63) is 58.6 Å². The molecule has 0 aromatic heterocycles. The lowest BCUT2D eigenvalue weighted by molar-refractivity contribution is -0.143. The summed E-state index contributed by atoms with van der Waals surface area (Å²) in [6.07, 6.45) is -10.2. The van der Waals surface area contributed by atoms with Crippen molar-refractivity contribution in [2.24, 2.45) is 4.99 Å². The van der Waals surface area contributed by atoms with Gasteiger partial charge in [0.05, 0.1) is 28.7 Å². The van der Waals surface area contributed by atoms with Crippen LogP contribution in [0.5, 0.6) is 5.75 Å². The van der Waals surface area contributed by atoms with E-state index in [0.717, 1.165) is 16.7 Å². The molecule has 0 bridgehead atoms. The van der Waals surface area contributed by atoms with Crippen LogP contribution < -0.4 is 9.64 Å². The lowest BCUT2D eigenvalue weighted by Crippen LogP contribution is -2.38. The Labute approximate surface area is 210 Å². The summed E-state index contributed by atoms with van der Waals surface area (Å²) in [6, 6.07) is 5.91. The van der Waals surface area contributed by atoms with Gasteiger partial charge < -0.3 is 9.64 Å². The molecule has 36 heavy (non-hydrogen) atoms. The molecular formula is C21H15ClF6N2O4S2. The molecule has 0 radical (unpaired) electrons. The molecule has 1 amide bonds. The fourth-order valence-corrected chi connectivity index (χ4v) is 7.82. The second kappa shape index (κ2) is 9.45. The van der Waals surface area contributed by atoms with E-state index in [2.05, 4.69) is 4.99 Å². The maximum atomic E-state index is 13.4. The summed E-state index contributed by atoms with van der Waals surface area (Å²) >= 11 is 6.58. The standard InChI is InChI=1S/C21H15ClF6N2O4S2/c22-13-1-3-15(4-2-13)34-8-18(31)29-19-30(16-9-36(32,33)10-17(16)35-19)14-6-11(20(23,24)25)5-12(7-14)21(26,27)28/h1-7,16-17H,8-10H2/t16-,17-/m1/s1. The van der Waals surface area contributed by atoms with Gasteiger partial charge in [-0.3, -0.25) is 4.79 Å². The number of hydrogen-bond donors (Lipinski definition) is 0. The Hall–Kier alpha value is -2.45. The van der Waals surface area contributed by atoms with Crippen LogP contribution in [0.1, 0.15) is 11.1 Å². The molecule has 0 spiro atoms. The van der Waals surface area contributed by atoms with Crippen molar-refractivity contribution >= 4 is 50.0 Å². The van der Waals surface area contributed by atoms with Crippen LogP contribution in [0.25, 0.3) is 0 Å². The predicted molar refractivity (Wildman–Crippen MR) is 122 cm³/mol. The summed E-state index contributed by atoms with van der Waals surface area (Å²) in [6.45, 7) is -0.580. The second-order valence-corrected chi connectivity index (χ2v) is 11.8. The van der Waals surface area contributed by atoms with Crippen LogP contribution in [-0.4, -0.2) is 48.9 Å². The topological polar surface area (TPSA) is 76.0 Å². The van der Waals surface area contributed by atoms with Gasteiger partial charge >= 0.3 is 12.4 Å². The first-order chi connectivity index (χ1) is 16.6. The highest BCUT2D eigenvalue weighted by atomic mass is 35.5. The minimum Gasteiger partial charge on any atom is -0.484 e. The summed E-state index contributed by atoms with van der Waals surface area (Å²) in [4.78, 5) is 17.3. The van der Waals surface area contributed by atoms with Crippen molar-refractivity contribution in [2.75, 3.05) is 23.0 Å². The van der Waals surface area contributed by atoms with Crippen LogP contribution in [0.15, 0.2) is 47.5 Å². The van der Waals surface area contributed by atoms with Crippen molar-refractivity contribution in [2.45, 2.75) is 23.6 Å². The molecule has 2 heterocycles. The quantitative estimate of drug-likeness (QED) is 0.477. The van der Waals surface area contributed by atoms with Crippen LogP contribution >= 0.6 is 23.4 Å². The first-order valence-corrected chi connectivity index (χ1v) is 13.2. The molecule has 15 heteroatoms. The number of amidine groups is 1. The number of halogens is 7. The van der Waals surface area contributed by atoms with Crippen LogP contribution in [-0.2, 0) is 27.0 Å². The van der Waals surface area contributed by atoms with Crippen molar-refractivity contribution in [3.63, 3.8) is 0 Å². The lowest BCUT2D eigenvalue weighted by atomic mass is 10.1. The number of ether oxygens (including phenoxy) is 1. The first-order valence-electron chi connectivity index (χ1n) is 10.1. The number of thioether (sulfide) groups is 1. The summed E-state index contributed by atoms with van der Waals surface area (Å²) in [5.74, 6) is -1.47. The number of anilines is 1. The molecule has 194 valence electrons. The van der Waals surface area contributed by atoms with E-state index in [0.29, 0.717) is 17.2 Å². The van der Waals surface area contributed by atoms with Crippen molar-refractivity contribution < 1.29 is 44.3 Å². The van der Waals surface area contributed by atoms with Gasteiger partial charge in [-0.25, -0.2) is 8.42 Å². The highest BCUT2D eigenvalue weighted by Crippen LogP contribution is 2.44. The van der Waals surface area contributed by atoms with Crippen molar-refractivity contribution in [3.8, 4) is 5.75 Å². The monoisotopic (exact) mass is 572 g/mol. The molecular weight excluding hydrogens is 558 g/mol.